The van der Waals surface area contributed by atoms with Crippen molar-refractivity contribution >= 4 is 28.4 Å². The Hall–Kier alpha value is -1.61. The fraction of sp³-hybridized carbons (Fsp3) is 0.375. The van der Waals surface area contributed by atoms with Crippen LogP contribution in [0.25, 0.3) is 10.9 Å². The van der Waals surface area contributed by atoms with Gasteiger partial charge < -0.3 is 5.32 Å². The van der Waals surface area contributed by atoms with Gasteiger partial charge in [-0.15, -0.1) is 11.6 Å². The lowest BCUT2D eigenvalue weighted by Crippen LogP contribution is -2.24. The summed E-state index contributed by atoms with van der Waals surface area (Å²) in [6.07, 6.45) is 3.74. The third-order valence-electron chi connectivity index (χ3n) is 3.29. The molecule has 0 saturated carbocycles. The van der Waals surface area contributed by atoms with Gasteiger partial charge in [-0.05, 0) is 43.0 Å². The smallest absolute Gasteiger partial charge is 0.251 e. The summed E-state index contributed by atoms with van der Waals surface area (Å²) < 4.78 is 0. The van der Waals surface area contributed by atoms with Gasteiger partial charge in [0.05, 0.1) is 5.52 Å². The number of amides is 1. The van der Waals surface area contributed by atoms with E-state index in [4.69, 9.17) is 11.6 Å². The molecule has 0 spiro atoms. The first-order chi connectivity index (χ1) is 9.70. The summed E-state index contributed by atoms with van der Waals surface area (Å²) in [6, 6.07) is 9.39. The molecule has 1 aromatic carbocycles. The van der Waals surface area contributed by atoms with Crippen molar-refractivity contribution in [1.29, 1.82) is 0 Å². The topological polar surface area (TPSA) is 42.0 Å². The summed E-state index contributed by atoms with van der Waals surface area (Å²) in [4.78, 5) is 16.3. The van der Waals surface area contributed by atoms with Crippen LogP contribution in [0.2, 0.25) is 0 Å². The largest absolute Gasteiger partial charge is 0.352 e. The fourth-order valence-electron chi connectivity index (χ4n) is 2.05. The van der Waals surface area contributed by atoms with Crippen molar-refractivity contribution in [2.75, 3.05) is 12.4 Å². The Balaban J connectivity index is 1.91. The van der Waals surface area contributed by atoms with Gasteiger partial charge in [-0.2, -0.15) is 0 Å². The van der Waals surface area contributed by atoms with Crippen LogP contribution < -0.4 is 5.32 Å². The van der Waals surface area contributed by atoms with Crippen LogP contribution in [0.3, 0.4) is 0 Å². The number of carbonyl (C=O) groups is 1. The van der Waals surface area contributed by atoms with E-state index in [2.05, 4.69) is 17.2 Å². The molecule has 0 aliphatic rings. The summed E-state index contributed by atoms with van der Waals surface area (Å²) in [5, 5.41) is 3.92. The third-order valence-corrected chi connectivity index (χ3v) is 3.81. The fourth-order valence-corrected chi connectivity index (χ4v) is 2.20. The highest BCUT2D eigenvalue weighted by molar-refractivity contribution is 6.18. The molecular weight excluding hydrogens is 272 g/mol. The van der Waals surface area contributed by atoms with Crippen molar-refractivity contribution in [3.8, 4) is 0 Å². The van der Waals surface area contributed by atoms with Crippen LogP contribution in [0, 0.1) is 5.92 Å². The van der Waals surface area contributed by atoms with Gasteiger partial charge in [-0.3, -0.25) is 9.78 Å². The van der Waals surface area contributed by atoms with E-state index < -0.39 is 0 Å². The molecule has 106 valence electrons. The van der Waals surface area contributed by atoms with Gasteiger partial charge in [0.15, 0.2) is 0 Å². The number of nitrogens with one attached hydrogen (secondary N) is 1. The molecule has 0 aliphatic carbocycles. The number of rotatable bonds is 6. The second-order valence-corrected chi connectivity index (χ2v) is 5.38. The van der Waals surface area contributed by atoms with E-state index in [-0.39, 0.29) is 5.91 Å². The van der Waals surface area contributed by atoms with Gasteiger partial charge >= 0.3 is 0 Å². The van der Waals surface area contributed by atoms with Gasteiger partial charge in [0.2, 0.25) is 0 Å². The summed E-state index contributed by atoms with van der Waals surface area (Å²) in [5.74, 6) is 1.14. The summed E-state index contributed by atoms with van der Waals surface area (Å²) in [6.45, 7) is 2.80. The van der Waals surface area contributed by atoms with Crippen molar-refractivity contribution in [3.63, 3.8) is 0 Å². The van der Waals surface area contributed by atoms with Crippen LogP contribution in [0.15, 0.2) is 36.5 Å². The summed E-state index contributed by atoms with van der Waals surface area (Å²) in [7, 11) is 0. The lowest BCUT2D eigenvalue weighted by Gasteiger charge is -2.08. The monoisotopic (exact) mass is 290 g/mol. The Morgan fingerprint density at radius 3 is 3.05 bits per heavy atom. The molecule has 0 fully saturated rings. The first kappa shape index (κ1) is 14.8. The molecule has 1 heterocycles. The number of halogens is 1. The maximum Gasteiger partial charge on any atom is 0.251 e. The standard InChI is InChI=1S/C16H19ClN2O/c1-12(11-17)4-2-9-19-16(20)14-6-7-15-13(10-14)5-3-8-18-15/h3,5-8,10,12H,2,4,9,11H2,1H3,(H,19,20). The number of alkyl halides is 1. The number of hydrogen-bond donors (Lipinski definition) is 1. The minimum Gasteiger partial charge on any atom is -0.352 e. The van der Waals surface area contributed by atoms with Gasteiger partial charge in [-0.25, -0.2) is 0 Å². The third kappa shape index (κ3) is 3.94. The van der Waals surface area contributed by atoms with Crippen LogP contribution >= 0.6 is 11.6 Å². The molecule has 1 aromatic heterocycles. The molecule has 1 atom stereocenters. The highest BCUT2D eigenvalue weighted by atomic mass is 35.5. The van der Waals surface area contributed by atoms with E-state index in [0.717, 1.165) is 23.7 Å². The van der Waals surface area contributed by atoms with Crippen LogP contribution in [0.4, 0.5) is 0 Å². The second-order valence-electron chi connectivity index (χ2n) is 5.07. The van der Waals surface area contributed by atoms with Crippen LogP contribution in [-0.4, -0.2) is 23.3 Å². The van der Waals surface area contributed by atoms with Crippen molar-refractivity contribution in [1.82, 2.24) is 10.3 Å². The number of carbonyl (C=O) groups excluding carboxylic acids is 1. The van der Waals surface area contributed by atoms with Gasteiger partial charge in [-0.1, -0.05) is 13.0 Å². The Morgan fingerprint density at radius 1 is 1.40 bits per heavy atom. The Morgan fingerprint density at radius 2 is 2.25 bits per heavy atom. The molecule has 2 aromatic rings. The van der Waals surface area contributed by atoms with Crippen molar-refractivity contribution in [2.24, 2.45) is 5.92 Å². The highest BCUT2D eigenvalue weighted by Gasteiger charge is 2.06. The predicted octanol–water partition coefficient (Wildman–Crippen LogP) is 3.62. The van der Waals surface area contributed by atoms with E-state index in [0.29, 0.717) is 23.9 Å². The molecule has 1 amide bonds. The molecule has 0 radical (unpaired) electrons. The molecule has 1 N–H and O–H groups in total. The molecule has 2 rings (SSSR count). The van der Waals surface area contributed by atoms with Crippen molar-refractivity contribution < 1.29 is 4.79 Å². The Labute approximate surface area is 124 Å². The zero-order chi connectivity index (χ0) is 14.4. The zero-order valence-electron chi connectivity index (χ0n) is 11.6. The van der Waals surface area contributed by atoms with E-state index in [1.807, 2.05) is 30.3 Å². The number of fused-ring (bicyclic) bond motifs is 1. The van der Waals surface area contributed by atoms with E-state index in [1.165, 1.54) is 0 Å². The molecule has 0 bridgehead atoms. The number of aromatic nitrogens is 1. The molecule has 0 saturated heterocycles. The van der Waals surface area contributed by atoms with Crippen LogP contribution in [-0.2, 0) is 0 Å². The number of hydrogen-bond acceptors (Lipinski definition) is 2. The molecule has 0 aliphatic heterocycles. The molecular formula is C16H19ClN2O. The van der Waals surface area contributed by atoms with Gasteiger partial charge in [0.1, 0.15) is 0 Å². The first-order valence-electron chi connectivity index (χ1n) is 6.89. The van der Waals surface area contributed by atoms with Gasteiger partial charge in [0.25, 0.3) is 5.91 Å². The van der Waals surface area contributed by atoms with Crippen molar-refractivity contribution in [2.45, 2.75) is 19.8 Å². The zero-order valence-corrected chi connectivity index (χ0v) is 12.4. The van der Waals surface area contributed by atoms with E-state index in [1.54, 1.807) is 6.20 Å². The first-order valence-corrected chi connectivity index (χ1v) is 7.43. The van der Waals surface area contributed by atoms with Crippen LogP contribution in [0.1, 0.15) is 30.1 Å². The van der Waals surface area contributed by atoms with E-state index in [9.17, 15) is 4.79 Å². The number of nitrogens with zero attached hydrogens (tertiary/aromatic N) is 1. The lowest BCUT2D eigenvalue weighted by molar-refractivity contribution is 0.0952. The Bertz CT molecular complexity index is 585. The highest BCUT2D eigenvalue weighted by Crippen LogP contribution is 2.13. The maximum absolute atomic E-state index is 12.0. The molecule has 1 unspecified atom stereocenters. The summed E-state index contributed by atoms with van der Waals surface area (Å²) in [5.41, 5.74) is 1.58. The quantitative estimate of drug-likeness (QED) is 0.652. The molecule has 3 nitrogen and oxygen atoms in total. The average Bonchev–Trinajstić information content (AvgIpc) is 2.50. The average molecular weight is 291 g/mol. The Kier molecular flexibility index (Phi) is 5.36. The predicted molar refractivity (Wildman–Crippen MR) is 83.2 cm³/mol. The summed E-state index contributed by atoms with van der Waals surface area (Å²) >= 11 is 5.75. The maximum atomic E-state index is 12.0. The SMILES string of the molecule is CC(CCl)CCCNC(=O)c1ccc2ncccc2c1. The van der Waals surface area contributed by atoms with Gasteiger partial charge in [0, 0.05) is 29.6 Å². The van der Waals surface area contributed by atoms with E-state index >= 15 is 0 Å². The normalized spacial score (nSPS) is 12.3. The minimum atomic E-state index is -0.0331. The second kappa shape index (κ2) is 7.25. The molecule has 20 heavy (non-hydrogen) atoms. The van der Waals surface area contributed by atoms with Crippen molar-refractivity contribution in [3.05, 3.63) is 42.1 Å². The molecule has 4 heteroatoms. The number of benzene rings is 1. The van der Waals surface area contributed by atoms with Crippen LogP contribution in [0.5, 0.6) is 0 Å². The minimum absolute atomic E-state index is 0.0331. The number of pyridine rings is 1. The lowest BCUT2D eigenvalue weighted by atomic mass is 10.1.